The van der Waals surface area contributed by atoms with Crippen molar-refractivity contribution in [3.8, 4) is 22.4 Å². The van der Waals surface area contributed by atoms with Crippen LogP contribution in [0.1, 0.15) is 18.9 Å². The lowest BCUT2D eigenvalue weighted by atomic mass is 9.91. The minimum atomic E-state index is -0.833. The van der Waals surface area contributed by atoms with Crippen LogP contribution < -0.4 is 0 Å². The first kappa shape index (κ1) is 17.9. The lowest BCUT2D eigenvalue weighted by molar-refractivity contribution is -0.136. The maximum Gasteiger partial charge on any atom is 0.303 e. The first-order chi connectivity index (χ1) is 13.7. The number of carboxylic acids is 1. The molecule has 0 unspecified atom stereocenters. The van der Waals surface area contributed by atoms with Crippen LogP contribution in [0, 0.1) is 0 Å². The Kier molecular flexibility index (Phi) is 4.85. The summed E-state index contributed by atoms with van der Waals surface area (Å²) in [6, 6.07) is 13.7. The number of rotatable bonds is 6. The third kappa shape index (κ3) is 3.24. The Hall–Kier alpha value is -3.54. The van der Waals surface area contributed by atoms with Crippen molar-refractivity contribution in [2.75, 3.05) is 0 Å². The second-order valence-corrected chi connectivity index (χ2v) is 6.51. The highest BCUT2D eigenvalue weighted by molar-refractivity contribution is 5.97. The van der Waals surface area contributed by atoms with E-state index < -0.39 is 5.97 Å². The van der Waals surface area contributed by atoms with Gasteiger partial charge in [-0.1, -0.05) is 36.4 Å². The predicted molar refractivity (Wildman–Crippen MR) is 108 cm³/mol. The van der Waals surface area contributed by atoms with Crippen LogP contribution >= 0.6 is 0 Å². The molecule has 28 heavy (non-hydrogen) atoms. The van der Waals surface area contributed by atoms with Gasteiger partial charge in [-0.15, -0.1) is 0 Å². The van der Waals surface area contributed by atoms with Crippen LogP contribution in [0.25, 0.3) is 33.4 Å². The van der Waals surface area contributed by atoms with E-state index in [-0.39, 0.29) is 6.42 Å². The SMILES string of the molecule is CCn1ncc2c(-c3cccnc3)c(CCC(=O)O)c(-c3ccccc3)nc21. The number of benzene rings is 1. The lowest BCUT2D eigenvalue weighted by Gasteiger charge is -2.16. The number of aromatic nitrogens is 4. The second-order valence-electron chi connectivity index (χ2n) is 6.51. The van der Waals surface area contributed by atoms with Gasteiger partial charge in [-0.3, -0.25) is 9.78 Å². The van der Waals surface area contributed by atoms with Crippen LogP contribution in [0.15, 0.2) is 61.1 Å². The number of nitrogens with zero attached hydrogens (tertiary/aromatic N) is 4. The molecule has 4 aromatic rings. The molecule has 0 radical (unpaired) electrons. The van der Waals surface area contributed by atoms with Crippen molar-refractivity contribution in [1.82, 2.24) is 19.7 Å². The number of carbonyl (C=O) groups is 1. The summed E-state index contributed by atoms with van der Waals surface area (Å²) in [4.78, 5) is 20.5. The summed E-state index contributed by atoms with van der Waals surface area (Å²) in [5.74, 6) is -0.833. The Morgan fingerprint density at radius 1 is 1.07 bits per heavy atom. The third-order valence-corrected chi connectivity index (χ3v) is 4.77. The molecule has 3 heterocycles. The minimum absolute atomic E-state index is 0.0300. The van der Waals surface area contributed by atoms with Crippen LogP contribution in [0.4, 0.5) is 0 Å². The summed E-state index contributed by atoms with van der Waals surface area (Å²) in [6.45, 7) is 2.73. The summed E-state index contributed by atoms with van der Waals surface area (Å²) in [7, 11) is 0. The zero-order valence-electron chi connectivity index (χ0n) is 15.5. The number of carboxylic acid groups (broad SMARTS) is 1. The molecule has 6 nitrogen and oxygen atoms in total. The molecule has 140 valence electrons. The van der Waals surface area contributed by atoms with E-state index in [1.54, 1.807) is 12.4 Å². The first-order valence-corrected chi connectivity index (χ1v) is 9.25. The molecule has 6 heteroatoms. The number of aliphatic carboxylic acids is 1. The van der Waals surface area contributed by atoms with E-state index in [0.717, 1.165) is 39.0 Å². The Morgan fingerprint density at radius 2 is 1.86 bits per heavy atom. The van der Waals surface area contributed by atoms with E-state index in [2.05, 4.69) is 10.1 Å². The van der Waals surface area contributed by atoms with Gasteiger partial charge < -0.3 is 5.11 Å². The molecular formula is C22H20N4O2. The van der Waals surface area contributed by atoms with Crippen molar-refractivity contribution >= 4 is 17.0 Å². The van der Waals surface area contributed by atoms with Gasteiger partial charge >= 0.3 is 5.97 Å². The molecule has 0 spiro atoms. The quantitative estimate of drug-likeness (QED) is 0.549. The summed E-state index contributed by atoms with van der Waals surface area (Å²) < 4.78 is 1.86. The van der Waals surface area contributed by atoms with Gasteiger partial charge in [0.15, 0.2) is 5.65 Å². The zero-order chi connectivity index (χ0) is 19.5. The van der Waals surface area contributed by atoms with Crippen molar-refractivity contribution in [2.45, 2.75) is 26.3 Å². The average Bonchev–Trinajstić information content (AvgIpc) is 3.15. The molecule has 0 saturated carbocycles. The Balaban J connectivity index is 2.08. The van der Waals surface area contributed by atoms with E-state index in [4.69, 9.17) is 4.98 Å². The van der Waals surface area contributed by atoms with E-state index in [9.17, 15) is 9.90 Å². The molecule has 1 aromatic carbocycles. The number of pyridine rings is 2. The van der Waals surface area contributed by atoms with Crippen molar-refractivity contribution in [3.63, 3.8) is 0 Å². The predicted octanol–water partition coefficient (Wildman–Crippen LogP) is 4.20. The van der Waals surface area contributed by atoms with Gasteiger partial charge in [0, 0.05) is 47.4 Å². The van der Waals surface area contributed by atoms with Gasteiger partial charge in [0.25, 0.3) is 0 Å². The molecule has 0 aliphatic rings. The second kappa shape index (κ2) is 7.60. The molecule has 0 saturated heterocycles. The van der Waals surface area contributed by atoms with Crippen LogP contribution in [0.2, 0.25) is 0 Å². The van der Waals surface area contributed by atoms with Gasteiger partial charge in [0.1, 0.15) is 0 Å². The normalized spacial score (nSPS) is 11.0. The third-order valence-electron chi connectivity index (χ3n) is 4.77. The number of hydrogen-bond acceptors (Lipinski definition) is 4. The molecule has 3 aromatic heterocycles. The minimum Gasteiger partial charge on any atom is -0.481 e. The van der Waals surface area contributed by atoms with Crippen LogP contribution in [-0.2, 0) is 17.8 Å². The Bertz CT molecular complexity index is 1120. The van der Waals surface area contributed by atoms with E-state index in [1.165, 1.54) is 0 Å². The smallest absolute Gasteiger partial charge is 0.303 e. The molecule has 0 atom stereocenters. The fourth-order valence-corrected chi connectivity index (χ4v) is 3.51. The van der Waals surface area contributed by atoms with Crippen LogP contribution in [0.3, 0.4) is 0 Å². The summed E-state index contributed by atoms with van der Waals surface area (Å²) >= 11 is 0. The number of fused-ring (bicyclic) bond motifs is 1. The molecule has 0 bridgehead atoms. The highest BCUT2D eigenvalue weighted by Gasteiger charge is 2.21. The van der Waals surface area contributed by atoms with Crippen LogP contribution in [-0.4, -0.2) is 30.8 Å². The highest BCUT2D eigenvalue weighted by atomic mass is 16.4. The zero-order valence-corrected chi connectivity index (χ0v) is 15.5. The first-order valence-electron chi connectivity index (χ1n) is 9.25. The van der Waals surface area contributed by atoms with Gasteiger partial charge in [-0.2, -0.15) is 5.10 Å². The van der Waals surface area contributed by atoms with Gasteiger partial charge in [0.05, 0.1) is 11.9 Å². The van der Waals surface area contributed by atoms with E-state index in [0.29, 0.717) is 13.0 Å². The van der Waals surface area contributed by atoms with Crippen molar-refractivity contribution < 1.29 is 9.90 Å². The molecule has 0 aliphatic carbocycles. The molecule has 4 rings (SSSR count). The monoisotopic (exact) mass is 372 g/mol. The summed E-state index contributed by atoms with van der Waals surface area (Å²) in [5, 5.41) is 14.7. The highest BCUT2D eigenvalue weighted by Crippen LogP contribution is 2.37. The molecule has 1 N–H and O–H groups in total. The molecule has 0 aliphatic heterocycles. The molecule has 0 amide bonds. The maximum atomic E-state index is 11.3. The van der Waals surface area contributed by atoms with E-state index in [1.807, 2.05) is 60.3 Å². The molecule has 0 fully saturated rings. The summed E-state index contributed by atoms with van der Waals surface area (Å²) in [6.07, 6.45) is 5.75. The largest absolute Gasteiger partial charge is 0.481 e. The van der Waals surface area contributed by atoms with Crippen LogP contribution in [0.5, 0.6) is 0 Å². The maximum absolute atomic E-state index is 11.3. The lowest BCUT2D eigenvalue weighted by Crippen LogP contribution is -2.05. The van der Waals surface area contributed by atoms with Gasteiger partial charge in [0.2, 0.25) is 0 Å². The fraction of sp³-hybridized carbons (Fsp3) is 0.182. The average molecular weight is 372 g/mol. The molecular weight excluding hydrogens is 352 g/mol. The van der Waals surface area contributed by atoms with E-state index >= 15 is 0 Å². The summed E-state index contributed by atoms with van der Waals surface area (Å²) in [5.41, 5.74) is 5.34. The fourth-order valence-electron chi connectivity index (χ4n) is 3.51. The van der Waals surface area contributed by atoms with Gasteiger partial charge in [-0.05, 0) is 25.0 Å². The van der Waals surface area contributed by atoms with Crippen molar-refractivity contribution in [1.29, 1.82) is 0 Å². The Labute approximate surface area is 162 Å². The number of aryl methyl sites for hydroxylation is 1. The number of hydrogen-bond donors (Lipinski definition) is 1. The Morgan fingerprint density at radius 3 is 2.54 bits per heavy atom. The van der Waals surface area contributed by atoms with Crippen molar-refractivity contribution in [3.05, 3.63) is 66.6 Å². The van der Waals surface area contributed by atoms with Gasteiger partial charge in [-0.25, -0.2) is 9.67 Å². The van der Waals surface area contributed by atoms with Crippen molar-refractivity contribution in [2.24, 2.45) is 0 Å². The topological polar surface area (TPSA) is 80.9 Å². The standard InChI is InChI=1S/C22H20N4O2/c1-2-26-22-18(14-24-26)20(16-9-6-12-23-13-16)17(10-11-19(27)28)21(25-22)15-7-4-3-5-8-15/h3-9,12-14H,2,10-11H2,1H3,(H,27,28).